The normalized spacial score (nSPS) is 28.5. The lowest BCUT2D eigenvalue weighted by molar-refractivity contribution is -0.138. The minimum Gasteiger partial charge on any atom is -0.497 e. The van der Waals surface area contributed by atoms with E-state index in [1.54, 1.807) is 30.2 Å². The molecule has 3 aliphatic rings. The molecule has 2 heterocycles. The molecular weight excluding hydrogens is 433 g/mol. The first-order chi connectivity index (χ1) is 16.4. The minimum absolute atomic E-state index is 0.0572. The van der Waals surface area contributed by atoms with E-state index in [9.17, 15) is 9.59 Å². The molecule has 1 amide bonds. The molecular formula is C28H30FNO4. The lowest BCUT2D eigenvalue weighted by atomic mass is 9.70. The molecule has 0 saturated heterocycles. The number of halogens is 1. The fraction of sp³-hybridized carbons (Fsp3) is 0.429. The highest BCUT2D eigenvalue weighted by Crippen LogP contribution is 2.49. The molecule has 0 spiro atoms. The van der Waals surface area contributed by atoms with Crippen LogP contribution >= 0.6 is 0 Å². The largest absolute Gasteiger partial charge is 0.497 e. The lowest BCUT2D eigenvalue weighted by Gasteiger charge is -2.41. The molecule has 0 aromatic heterocycles. The highest BCUT2D eigenvalue weighted by Gasteiger charge is 2.54. The summed E-state index contributed by atoms with van der Waals surface area (Å²) in [5.74, 6) is 0.362. The van der Waals surface area contributed by atoms with E-state index in [0.29, 0.717) is 30.0 Å². The number of methoxy groups -OCH3 is 1. The van der Waals surface area contributed by atoms with Crippen LogP contribution in [0.1, 0.15) is 43.9 Å². The summed E-state index contributed by atoms with van der Waals surface area (Å²) < 4.78 is 26.5. The number of ketones is 1. The van der Waals surface area contributed by atoms with E-state index >= 15 is 4.39 Å². The van der Waals surface area contributed by atoms with E-state index in [1.807, 2.05) is 24.3 Å². The molecule has 5 unspecified atom stereocenters. The van der Waals surface area contributed by atoms with Gasteiger partial charge in [0, 0.05) is 12.1 Å². The number of carbonyl (C=O) groups is 2. The summed E-state index contributed by atoms with van der Waals surface area (Å²) >= 11 is 0. The van der Waals surface area contributed by atoms with Crippen LogP contribution in [0.15, 0.2) is 59.9 Å². The average molecular weight is 464 g/mol. The Morgan fingerprint density at radius 3 is 2.50 bits per heavy atom. The maximum absolute atomic E-state index is 15.0. The zero-order valence-corrected chi connectivity index (χ0v) is 19.8. The van der Waals surface area contributed by atoms with Gasteiger partial charge in [-0.25, -0.2) is 4.39 Å². The second-order valence-electron chi connectivity index (χ2n) is 9.87. The third-order valence-corrected chi connectivity index (χ3v) is 7.53. The van der Waals surface area contributed by atoms with Crippen LogP contribution in [0.25, 0.3) is 0 Å². The summed E-state index contributed by atoms with van der Waals surface area (Å²) in [6, 6.07) is 13.3. The van der Waals surface area contributed by atoms with Gasteiger partial charge in [0.25, 0.3) is 5.91 Å². The van der Waals surface area contributed by atoms with E-state index < -0.39 is 11.9 Å². The van der Waals surface area contributed by atoms with E-state index in [0.717, 1.165) is 24.2 Å². The molecule has 34 heavy (non-hydrogen) atoms. The molecule has 6 heteroatoms. The van der Waals surface area contributed by atoms with Gasteiger partial charge in [-0.05, 0) is 54.9 Å². The SMILES string of the molecule is COc1ccc(CCN2C(=O)C3=C(C(=O)C4CC(C)CC(C)C4O3)C2c2ccccc2F)cc1. The Balaban J connectivity index is 1.51. The number of carbonyl (C=O) groups excluding carboxylic acids is 2. The van der Waals surface area contributed by atoms with Crippen LogP contribution in [0.5, 0.6) is 5.75 Å². The lowest BCUT2D eigenvalue weighted by Crippen LogP contribution is -2.45. The van der Waals surface area contributed by atoms with Gasteiger partial charge in [0.2, 0.25) is 0 Å². The van der Waals surface area contributed by atoms with Gasteiger partial charge in [-0.2, -0.15) is 0 Å². The number of nitrogens with zero attached hydrogens (tertiary/aromatic N) is 1. The maximum Gasteiger partial charge on any atom is 0.290 e. The molecule has 0 bridgehead atoms. The van der Waals surface area contributed by atoms with E-state index in [-0.39, 0.29) is 35.4 Å². The number of hydrogen-bond donors (Lipinski definition) is 0. The van der Waals surface area contributed by atoms with Crippen molar-refractivity contribution in [2.24, 2.45) is 17.8 Å². The molecule has 2 aromatic carbocycles. The predicted molar refractivity (Wildman–Crippen MR) is 126 cm³/mol. The second kappa shape index (κ2) is 8.90. The summed E-state index contributed by atoms with van der Waals surface area (Å²) in [6.07, 6.45) is 1.96. The molecule has 2 aromatic rings. The van der Waals surface area contributed by atoms with Crippen molar-refractivity contribution in [3.8, 4) is 5.75 Å². The van der Waals surface area contributed by atoms with Gasteiger partial charge < -0.3 is 14.4 Å². The van der Waals surface area contributed by atoms with Crippen molar-refractivity contribution in [1.29, 1.82) is 0 Å². The first-order valence-corrected chi connectivity index (χ1v) is 12.0. The highest BCUT2D eigenvalue weighted by atomic mass is 19.1. The third-order valence-electron chi connectivity index (χ3n) is 7.53. The first kappa shape index (κ1) is 22.6. The van der Waals surface area contributed by atoms with Crippen LogP contribution in [0.3, 0.4) is 0 Å². The van der Waals surface area contributed by atoms with Crippen molar-refractivity contribution in [2.75, 3.05) is 13.7 Å². The molecule has 5 nitrogen and oxygen atoms in total. The summed E-state index contributed by atoms with van der Waals surface area (Å²) in [5.41, 5.74) is 1.68. The highest BCUT2D eigenvalue weighted by molar-refractivity contribution is 6.11. The van der Waals surface area contributed by atoms with Crippen molar-refractivity contribution in [2.45, 2.75) is 45.3 Å². The number of Topliss-reactive ketones (excluding diaryl/α,β-unsaturated/α-hetero) is 1. The Labute approximate surface area is 199 Å². The molecule has 0 N–H and O–H groups in total. The van der Waals surface area contributed by atoms with Crippen molar-refractivity contribution in [3.63, 3.8) is 0 Å². The fourth-order valence-corrected chi connectivity index (χ4v) is 5.92. The number of benzene rings is 2. The van der Waals surface area contributed by atoms with Gasteiger partial charge in [0.15, 0.2) is 11.5 Å². The molecule has 0 radical (unpaired) electrons. The first-order valence-electron chi connectivity index (χ1n) is 12.0. The standard InChI is InChI=1S/C28H30FNO4/c1-16-14-17(2)26-21(15-16)25(31)23-24(20-6-4-5-7-22(20)29)30(28(32)27(23)34-26)13-12-18-8-10-19(33-3)11-9-18/h4-11,16-17,21,24,26H,12-15H2,1-3H3. The quantitative estimate of drug-likeness (QED) is 0.635. The van der Waals surface area contributed by atoms with Crippen LogP contribution in [0.2, 0.25) is 0 Å². The Kier molecular flexibility index (Phi) is 5.92. The zero-order chi connectivity index (χ0) is 24.0. The number of hydrogen-bond acceptors (Lipinski definition) is 4. The number of fused-ring (bicyclic) bond motifs is 1. The average Bonchev–Trinajstić information content (AvgIpc) is 3.11. The second-order valence-corrected chi connectivity index (χ2v) is 9.87. The molecule has 1 aliphatic carbocycles. The maximum atomic E-state index is 15.0. The van der Waals surface area contributed by atoms with Gasteiger partial charge in [-0.1, -0.05) is 44.2 Å². The Bertz CT molecular complexity index is 1140. The Hall–Kier alpha value is -3.15. The smallest absolute Gasteiger partial charge is 0.290 e. The van der Waals surface area contributed by atoms with Crippen LogP contribution < -0.4 is 4.74 Å². The van der Waals surface area contributed by atoms with Gasteiger partial charge in [-0.15, -0.1) is 0 Å². The zero-order valence-electron chi connectivity index (χ0n) is 19.8. The summed E-state index contributed by atoms with van der Waals surface area (Å²) in [6.45, 7) is 4.58. The van der Waals surface area contributed by atoms with Crippen molar-refractivity contribution >= 4 is 11.7 Å². The van der Waals surface area contributed by atoms with E-state index in [2.05, 4.69) is 13.8 Å². The van der Waals surface area contributed by atoms with Crippen molar-refractivity contribution in [1.82, 2.24) is 4.90 Å². The van der Waals surface area contributed by atoms with Crippen LogP contribution in [0, 0.1) is 23.6 Å². The molecule has 2 aliphatic heterocycles. The summed E-state index contributed by atoms with van der Waals surface area (Å²) in [5, 5.41) is 0. The molecule has 5 atom stereocenters. The molecule has 5 rings (SSSR count). The van der Waals surface area contributed by atoms with Crippen molar-refractivity contribution in [3.05, 3.63) is 76.8 Å². The van der Waals surface area contributed by atoms with Crippen LogP contribution in [0.4, 0.5) is 4.39 Å². The van der Waals surface area contributed by atoms with E-state index in [4.69, 9.17) is 9.47 Å². The van der Waals surface area contributed by atoms with Crippen LogP contribution in [-0.2, 0) is 20.7 Å². The Morgan fingerprint density at radius 1 is 1.06 bits per heavy atom. The molecule has 1 saturated carbocycles. The summed E-state index contributed by atoms with van der Waals surface area (Å²) in [4.78, 5) is 29.0. The molecule has 1 fully saturated rings. The van der Waals surface area contributed by atoms with Gasteiger partial charge in [0.05, 0.1) is 24.6 Å². The monoisotopic (exact) mass is 463 g/mol. The van der Waals surface area contributed by atoms with Gasteiger partial charge in [-0.3, -0.25) is 9.59 Å². The molecule has 178 valence electrons. The Morgan fingerprint density at radius 2 is 1.79 bits per heavy atom. The number of ether oxygens (including phenoxy) is 2. The van der Waals surface area contributed by atoms with Gasteiger partial charge in [0.1, 0.15) is 17.7 Å². The fourth-order valence-electron chi connectivity index (χ4n) is 5.92. The minimum atomic E-state index is -0.775. The van der Waals surface area contributed by atoms with E-state index in [1.165, 1.54) is 6.07 Å². The van der Waals surface area contributed by atoms with Gasteiger partial charge >= 0.3 is 0 Å². The number of rotatable bonds is 5. The summed E-state index contributed by atoms with van der Waals surface area (Å²) in [7, 11) is 1.61. The van der Waals surface area contributed by atoms with Crippen molar-refractivity contribution < 1.29 is 23.5 Å². The third kappa shape index (κ3) is 3.79. The predicted octanol–water partition coefficient (Wildman–Crippen LogP) is 4.86. The van der Waals surface area contributed by atoms with Crippen LogP contribution in [-0.4, -0.2) is 36.3 Å². The number of amides is 1. The topological polar surface area (TPSA) is 55.8 Å².